The van der Waals surface area contributed by atoms with Crippen molar-refractivity contribution >= 4 is 11.9 Å². The number of carbonyl (C=O) groups is 2. The Morgan fingerprint density at radius 2 is 1.70 bits per heavy atom. The van der Waals surface area contributed by atoms with Crippen molar-refractivity contribution < 1.29 is 24.2 Å². The lowest BCUT2D eigenvalue weighted by molar-refractivity contribution is -0.142. The molecule has 1 N–H and O–H groups in total. The molecule has 116 valence electrons. The van der Waals surface area contributed by atoms with E-state index < -0.39 is 23.2 Å². The number of nitrogens with zero attached hydrogens (tertiary/aromatic N) is 1. The van der Waals surface area contributed by atoms with Gasteiger partial charge in [0.15, 0.2) is 0 Å². The van der Waals surface area contributed by atoms with Crippen molar-refractivity contribution in [2.24, 2.45) is 17.3 Å². The van der Waals surface area contributed by atoms with Crippen molar-refractivity contribution in [3.8, 4) is 0 Å². The molecule has 0 radical (unpaired) electrons. The van der Waals surface area contributed by atoms with Crippen LogP contribution < -0.4 is 0 Å². The number of aliphatic carboxylic acids is 1. The highest BCUT2D eigenvalue weighted by Crippen LogP contribution is 2.59. The molecule has 1 rings (SSSR count). The second-order valence-corrected chi connectivity index (χ2v) is 5.78. The number of rotatable bonds is 9. The van der Waals surface area contributed by atoms with E-state index in [1.165, 1.54) is 0 Å². The SMILES string of the molecule is COCCCN(CCOC)C(=O)C1C(C(=O)O)C1(C)C. The summed E-state index contributed by atoms with van der Waals surface area (Å²) >= 11 is 0. The Balaban J connectivity index is 2.65. The van der Waals surface area contributed by atoms with Gasteiger partial charge in [-0.05, 0) is 11.8 Å². The van der Waals surface area contributed by atoms with Gasteiger partial charge in [-0.1, -0.05) is 13.8 Å². The van der Waals surface area contributed by atoms with Crippen molar-refractivity contribution in [2.75, 3.05) is 40.5 Å². The number of hydrogen-bond acceptors (Lipinski definition) is 4. The summed E-state index contributed by atoms with van der Waals surface area (Å²) in [6, 6.07) is 0. The highest BCUT2D eigenvalue weighted by atomic mass is 16.5. The molecule has 0 aromatic carbocycles. The third-order valence-corrected chi connectivity index (χ3v) is 4.01. The molecule has 2 atom stereocenters. The molecule has 2 unspecified atom stereocenters. The molecule has 1 fully saturated rings. The zero-order valence-electron chi connectivity index (χ0n) is 12.7. The molecule has 0 bridgehead atoms. The molecule has 1 saturated carbocycles. The van der Waals surface area contributed by atoms with Gasteiger partial charge < -0.3 is 19.5 Å². The van der Waals surface area contributed by atoms with Crippen molar-refractivity contribution in [3.05, 3.63) is 0 Å². The molecular formula is C14H25NO5. The Morgan fingerprint density at radius 1 is 1.10 bits per heavy atom. The molecular weight excluding hydrogens is 262 g/mol. The van der Waals surface area contributed by atoms with Crippen molar-refractivity contribution in [2.45, 2.75) is 20.3 Å². The molecule has 0 aromatic heterocycles. The normalized spacial score (nSPS) is 23.4. The Morgan fingerprint density at radius 3 is 2.15 bits per heavy atom. The van der Waals surface area contributed by atoms with Gasteiger partial charge in [-0.2, -0.15) is 0 Å². The fraction of sp³-hybridized carbons (Fsp3) is 0.857. The van der Waals surface area contributed by atoms with E-state index in [9.17, 15) is 9.59 Å². The number of carboxylic acids is 1. The minimum absolute atomic E-state index is 0.0875. The molecule has 1 amide bonds. The number of amides is 1. The van der Waals surface area contributed by atoms with Crippen LogP contribution in [0.3, 0.4) is 0 Å². The molecule has 0 aromatic rings. The van der Waals surface area contributed by atoms with E-state index in [0.717, 1.165) is 6.42 Å². The number of carbonyl (C=O) groups excluding carboxylic acids is 1. The third kappa shape index (κ3) is 3.70. The zero-order valence-corrected chi connectivity index (χ0v) is 12.7. The molecule has 0 aliphatic heterocycles. The Bertz CT molecular complexity index is 355. The summed E-state index contributed by atoms with van der Waals surface area (Å²) in [6.45, 7) is 5.74. The largest absolute Gasteiger partial charge is 0.481 e. The Labute approximate surface area is 120 Å². The van der Waals surface area contributed by atoms with Crippen LogP contribution in [0, 0.1) is 17.3 Å². The first-order valence-corrected chi connectivity index (χ1v) is 6.87. The van der Waals surface area contributed by atoms with Gasteiger partial charge in [-0.3, -0.25) is 9.59 Å². The average molecular weight is 287 g/mol. The Hall–Kier alpha value is -1.14. The minimum Gasteiger partial charge on any atom is -0.481 e. The van der Waals surface area contributed by atoms with Gasteiger partial charge in [0.1, 0.15) is 0 Å². The zero-order chi connectivity index (χ0) is 15.3. The summed E-state index contributed by atoms with van der Waals surface area (Å²) < 4.78 is 10.0. The summed E-state index contributed by atoms with van der Waals surface area (Å²) in [7, 11) is 3.20. The lowest BCUT2D eigenvalue weighted by Crippen LogP contribution is -2.37. The molecule has 0 saturated heterocycles. The quantitative estimate of drug-likeness (QED) is 0.636. The van der Waals surface area contributed by atoms with Crippen LogP contribution >= 0.6 is 0 Å². The molecule has 0 spiro atoms. The van der Waals surface area contributed by atoms with E-state index >= 15 is 0 Å². The first-order chi connectivity index (χ1) is 9.37. The van der Waals surface area contributed by atoms with Gasteiger partial charge >= 0.3 is 5.97 Å². The van der Waals surface area contributed by atoms with E-state index in [-0.39, 0.29) is 5.91 Å². The van der Waals surface area contributed by atoms with Crippen LogP contribution in [-0.2, 0) is 19.1 Å². The van der Waals surface area contributed by atoms with Crippen LogP contribution in [0.1, 0.15) is 20.3 Å². The van der Waals surface area contributed by atoms with Crippen LogP contribution in [0.15, 0.2) is 0 Å². The number of methoxy groups -OCH3 is 2. The third-order valence-electron chi connectivity index (χ3n) is 4.01. The van der Waals surface area contributed by atoms with Gasteiger partial charge in [0, 0.05) is 33.9 Å². The van der Waals surface area contributed by atoms with Gasteiger partial charge in [0.25, 0.3) is 0 Å². The maximum absolute atomic E-state index is 12.5. The van der Waals surface area contributed by atoms with Crippen molar-refractivity contribution in [3.63, 3.8) is 0 Å². The standard InChI is InChI=1S/C14H25NO5/c1-14(2)10(11(14)13(17)18)12(16)15(7-9-20-4)6-5-8-19-3/h10-11H,5-9H2,1-4H3,(H,17,18). The topological polar surface area (TPSA) is 76.1 Å². The smallest absolute Gasteiger partial charge is 0.307 e. The van der Waals surface area contributed by atoms with E-state index in [0.29, 0.717) is 26.3 Å². The van der Waals surface area contributed by atoms with Gasteiger partial charge in [0.05, 0.1) is 18.4 Å². The van der Waals surface area contributed by atoms with Gasteiger partial charge in [0.2, 0.25) is 5.91 Å². The van der Waals surface area contributed by atoms with E-state index in [4.69, 9.17) is 14.6 Å². The number of carboxylic acid groups (broad SMARTS) is 1. The fourth-order valence-corrected chi connectivity index (χ4v) is 2.69. The fourth-order valence-electron chi connectivity index (χ4n) is 2.69. The first-order valence-electron chi connectivity index (χ1n) is 6.87. The van der Waals surface area contributed by atoms with Crippen LogP contribution in [0.5, 0.6) is 0 Å². The maximum atomic E-state index is 12.5. The molecule has 0 heterocycles. The van der Waals surface area contributed by atoms with Crippen LogP contribution in [-0.4, -0.2) is 62.4 Å². The minimum atomic E-state index is -0.892. The summed E-state index contributed by atoms with van der Waals surface area (Å²) in [5, 5.41) is 9.16. The van der Waals surface area contributed by atoms with Crippen molar-refractivity contribution in [1.82, 2.24) is 4.90 Å². The summed E-state index contributed by atoms with van der Waals surface area (Å²) in [4.78, 5) is 25.4. The molecule has 6 nitrogen and oxygen atoms in total. The van der Waals surface area contributed by atoms with E-state index in [1.807, 2.05) is 13.8 Å². The molecule has 1 aliphatic carbocycles. The molecule has 1 aliphatic rings. The predicted molar refractivity (Wildman–Crippen MR) is 73.3 cm³/mol. The van der Waals surface area contributed by atoms with E-state index in [2.05, 4.69) is 0 Å². The average Bonchev–Trinajstić information content (AvgIpc) is 2.96. The van der Waals surface area contributed by atoms with Crippen LogP contribution in [0.4, 0.5) is 0 Å². The highest BCUT2D eigenvalue weighted by molar-refractivity contribution is 5.91. The highest BCUT2D eigenvalue weighted by Gasteiger charge is 2.66. The second kappa shape index (κ2) is 7.04. The monoisotopic (exact) mass is 287 g/mol. The summed E-state index contributed by atoms with van der Waals surface area (Å²) in [5.74, 6) is -1.99. The number of ether oxygens (including phenoxy) is 2. The van der Waals surface area contributed by atoms with Crippen LogP contribution in [0.2, 0.25) is 0 Å². The molecule has 20 heavy (non-hydrogen) atoms. The summed E-state index contributed by atoms with van der Waals surface area (Å²) in [5.41, 5.74) is -0.463. The van der Waals surface area contributed by atoms with Gasteiger partial charge in [-0.15, -0.1) is 0 Å². The maximum Gasteiger partial charge on any atom is 0.307 e. The molecule has 6 heteroatoms. The lowest BCUT2D eigenvalue weighted by Gasteiger charge is -2.23. The van der Waals surface area contributed by atoms with E-state index in [1.54, 1.807) is 19.1 Å². The van der Waals surface area contributed by atoms with Crippen LogP contribution in [0.25, 0.3) is 0 Å². The predicted octanol–water partition coefficient (Wildman–Crippen LogP) is 0.855. The van der Waals surface area contributed by atoms with Gasteiger partial charge in [-0.25, -0.2) is 0 Å². The van der Waals surface area contributed by atoms with Crippen molar-refractivity contribution in [1.29, 1.82) is 0 Å². The summed E-state index contributed by atoms with van der Waals surface area (Å²) in [6.07, 6.45) is 0.733. The first kappa shape index (κ1) is 16.9. The Kier molecular flexibility index (Phi) is 5.95. The second-order valence-electron chi connectivity index (χ2n) is 5.78. The lowest BCUT2D eigenvalue weighted by atomic mass is 10.1. The number of hydrogen-bond donors (Lipinski definition) is 1.